The summed E-state index contributed by atoms with van der Waals surface area (Å²) in [6, 6.07) is 4.71. The van der Waals surface area contributed by atoms with Gasteiger partial charge >= 0.3 is 0 Å². The molecule has 0 amide bonds. The zero-order valence-electron chi connectivity index (χ0n) is 11.5. The summed E-state index contributed by atoms with van der Waals surface area (Å²) < 4.78 is 0. The quantitative estimate of drug-likeness (QED) is 0.808. The largest absolute Gasteiger partial charge is 0.329 e. The molecule has 1 rings (SSSR count). The minimum atomic E-state index is 0.389. The fourth-order valence-corrected chi connectivity index (χ4v) is 3.07. The third-order valence-electron chi connectivity index (χ3n) is 2.73. The van der Waals surface area contributed by atoms with Gasteiger partial charge in [0.05, 0.1) is 6.04 Å². The topological polar surface area (TPSA) is 29.3 Å². The van der Waals surface area contributed by atoms with Gasteiger partial charge in [0.15, 0.2) is 0 Å². The van der Waals surface area contributed by atoms with Crippen molar-refractivity contribution in [2.45, 2.75) is 33.7 Å². The lowest BCUT2D eigenvalue weighted by Crippen LogP contribution is -2.38. The minimum Gasteiger partial charge on any atom is -0.329 e. The van der Waals surface area contributed by atoms with Crippen LogP contribution >= 0.6 is 11.3 Å². The highest BCUT2D eigenvalue weighted by Crippen LogP contribution is 2.25. The molecule has 17 heavy (non-hydrogen) atoms. The Balaban J connectivity index is 2.78. The second kappa shape index (κ2) is 7.14. The molecule has 1 heterocycles. The van der Waals surface area contributed by atoms with Gasteiger partial charge in [-0.25, -0.2) is 0 Å². The van der Waals surface area contributed by atoms with Crippen molar-refractivity contribution in [1.29, 1.82) is 0 Å². The SMILES string of the molecule is CC(C)CN(CC(C)C)C(CN)c1cccs1. The van der Waals surface area contributed by atoms with Crippen LogP contribution in [-0.2, 0) is 0 Å². The second-order valence-electron chi connectivity index (χ2n) is 5.51. The molecule has 0 saturated carbocycles. The van der Waals surface area contributed by atoms with E-state index in [0.717, 1.165) is 13.1 Å². The Morgan fingerprint density at radius 3 is 2.12 bits per heavy atom. The molecule has 0 saturated heterocycles. The van der Waals surface area contributed by atoms with Crippen LogP contribution in [0.25, 0.3) is 0 Å². The van der Waals surface area contributed by atoms with Crippen LogP contribution in [0.5, 0.6) is 0 Å². The normalized spacial score (nSPS) is 13.9. The second-order valence-corrected chi connectivity index (χ2v) is 6.49. The molecule has 0 aliphatic carbocycles. The zero-order valence-corrected chi connectivity index (χ0v) is 12.3. The Hall–Kier alpha value is -0.380. The van der Waals surface area contributed by atoms with Crippen LogP contribution in [0.3, 0.4) is 0 Å². The molecular weight excluding hydrogens is 228 g/mol. The summed E-state index contributed by atoms with van der Waals surface area (Å²) in [5, 5.41) is 2.14. The number of thiophene rings is 1. The smallest absolute Gasteiger partial charge is 0.0564 e. The Bertz CT molecular complexity index is 283. The van der Waals surface area contributed by atoms with E-state index in [4.69, 9.17) is 5.73 Å². The number of nitrogens with two attached hydrogens (primary N) is 1. The highest BCUT2D eigenvalue weighted by atomic mass is 32.1. The Morgan fingerprint density at radius 1 is 1.18 bits per heavy atom. The van der Waals surface area contributed by atoms with E-state index < -0.39 is 0 Å². The van der Waals surface area contributed by atoms with Gasteiger partial charge < -0.3 is 5.73 Å². The van der Waals surface area contributed by atoms with Gasteiger partial charge in [-0.1, -0.05) is 33.8 Å². The van der Waals surface area contributed by atoms with Gasteiger partial charge in [0.1, 0.15) is 0 Å². The van der Waals surface area contributed by atoms with Gasteiger partial charge in [-0.2, -0.15) is 0 Å². The molecule has 0 aliphatic rings. The summed E-state index contributed by atoms with van der Waals surface area (Å²) in [4.78, 5) is 3.94. The first kappa shape index (κ1) is 14.7. The fraction of sp³-hybridized carbons (Fsp3) is 0.714. The first-order chi connectivity index (χ1) is 8.04. The maximum absolute atomic E-state index is 5.98. The van der Waals surface area contributed by atoms with Gasteiger partial charge in [-0.15, -0.1) is 11.3 Å². The van der Waals surface area contributed by atoms with Crippen molar-refractivity contribution >= 4 is 11.3 Å². The first-order valence-corrected chi connectivity index (χ1v) is 7.40. The third-order valence-corrected chi connectivity index (χ3v) is 3.71. The number of hydrogen-bond acceptors (Lipinski definition) is 3. The monoisotopic (exact) mass is 254 g/mol. The van der Waals surface area contributed by atoms with Crippen LogP contribution in [0.1, 0.15) is 38.6 Å². The van der Waals surface area contributed by atoms with E-state index in [1.165, 1.54) is 4.88 Å². The van der Waals surface area contributed by atoms with Crippen molar-refractivity contribution in [1.82, 2.24) is 4.90 Å². The van der Waals surface area contributed by atoms with Crippen LogP contribution in [-0.4, -0.2) is 24.5 Å². The zero-order chi connectivity index (χ0) is 12.8. The number of hydrogen-bond donors (Lipinski definition) is 1. The summed E-state index contributed by atoms with van der Waals surface area (Å²) in [7, 11) is 0. The highest BCUT2D eigenvalue weighted by molar-refractivity contribution is 7.10. The molecular formula is C14H26N2S. The van der Waals surface area contributed by atoms with Crippen molar-refractivity contribution in [2.24, 2.45) is 17.6 Å². The Kier molecular flexibility index (Phi) is 6.17. The average Bonchev–Trinajstić information content (AvgIpc) is 2.70. The summed E-state index contributed by atoms with van der Waals surface area (Å²) in [5.41, 5.74) is 5.98. The van der Waals surface area contributed by atoms with Gasteiger partial charge in [0.2, 0.25) is 0 Å². The van der Waals surface area contributed by atoms with Crippen molar-refractivity contribution in [3.05, 3.63) is 22.4 Å². The van der Waals surface area contributed by atoms with E-state index in [9.17, 15) is 0 Å². The van der Waals surface area contributed by atoms with Crippen LogP contribution in [0.15, 0.2) is 17.5 Å². The molecule has 1 aromatic heterocycles. The van der Waals surface area contributed by atoms with Gasteiger partial charge in [0, 0.05) is 24.5 Å². The molecule has 0 radical (unpaired) electrons. The lowest BCUT2D eigenvalue weighted by atomic mass is 10.1. The molecule has 1 atom stereocenters. The minimum absolute atomic E-state index is 0.389. The molecule has 3 heteroatoms. The Morgan fingerprint density at radius 2 is 1.76 bits per heavy atom. The van der Waals surface area contributed by atoms with Crippen LogP contribution in [0.4, 0.5) is 0 Å². The molecule has 0 aliphatic heterocycles. The predicted octanol–water partition coefficient (Wildman–Crippen LogP) is 3.36. The number of rotatable bonds is 7. The van der Waals surface area contributed by atoms with E-state index in [-0.39, 0.29) is 0 Å². The van der Waals surface area contributed by atoms with Crippen LogP contribution < -0.4 is 5.73 Å². The lowest BCUT2D eigenvalue weighted by Gasteiger charge is -2.33. The van der Waals surface area contributed by atoms with Crippen LogP contribution in [0, 0.1) is 11.8 Å². The van der Waals surface area contributed by atoms with Crippen LogP contribution in [0.2, 0.25) is 0 Å². The average molecular weight is 254 g/mol. The van der Waals surface area contributed by atoms with Crippen molar-refractivity contribution in [3.63, 3.8) is 0 Å². The van der Waals surface area contributed by atoms with E-state index in [0.29, 0.717) is 24.4 Å². The van der Waals surface area contributed by atoms with E-state index in [1.54, 1.807) is 0 Å². The highest BCUT2D eigenvalue weighted by Gasteiger charge is 2.21. The van der Waals surface area contributed by atoms with Gasteiger partial charge in [-0.3, -0.25) is 4.90 Å². The van der Waals surface area contributed by atoms with E-state index in [1.807, 2.05) is 11.3 Å². The van der Waals surface area contributed by atoms with E-state index in [2.05, 4.69) is 50.1 Å². The molecule has 0 bridgehead atoms. The maximum Gasteiger partial charge on any atom is 0.0564 e. The predicted molar refractivity (Wildman–Crippen MR) is 77.4 cm³/mol. The summed E-state index contributed by atoms with van der Waals surface area (Å²) in [5.74, 6) is 1.37. The molecule has 0 spiro atoms. The summed E-state index contributed by atoms with van der Waals surface area (Å²) >= 11 is 1.82. The first-order valence-electron chi connectivity index (χ1n) is 6.52. The molecule has 0 aromatic carbocycles. The molecule has 1 aromatic rings. The van der Waals surface area contributed by atoms with E-state index >= 15 is 0 Å². The fourth-order valence-electron chi connectivity index (χ4n) is 2.19. The Labute approximate surface area is 110 Å². The van der Waals surface area contributed by atoms with Gasteiger partial charge in [0.25, 0.3) is 0 Å². The number of nitrogens with zero attached hydrogens (tertiary/aromatic N) is 1. The molecule has 2 N–H and O–H groups in total. The van der Waals surface area contributed by atoms with Gasteiger partial charge in [-0.05, 0) is 23.3 Å². The molecule has 0 fully saturated rings. The maximum atomic E-state index is 5.98. The standard InChI is InChI=1S/C14H26N2S/c1-11(2)9-16(10-12(3)4)13(8-15)14-6-5-7-17-14/h5-7,11-13H,8-10,15H2,1-4H3. The summed E-state index contributed by atoms with van der Waals surface area (Å²) in [6.45, 7) is 12.0. The van der Waals surface area contributed by atoms with Crippen molar-refractivity contribution in [2.75, 3.05) is 19.6 Å². The third kappa shape index (κ3) is 4.78. The van der Waals surface area contributed by atoms with Crippen molar-refractivity contribution < 1.29 is 0 Å². The lowest BCUT2D eigenvalue weighted by molar-refractivity contribution is 0.162. The molecule has 1 unspecified atom stereocenters. The molecule has 98 valence electrons. The van der Waals surface area contributed by atoms with Crippen molar-refractivity contribution in [3.8, 4) is 0 Å². The summed E-state index contributed by atoms with van der Waals surface area (Å²) in [6.07, 6.45) is 0. The molecule has 2 nitrogen and oxygen atoms in total.